The zero-order valence-corrected chi connectivity index (χ0v) is 14.0. The van der Waals surface area contributed by atoms with Gasteiger partial charge in [-0.3, -0.25) is 4.98 Å². The number of pyridine rings is 1. The van der Waals surface area contributed by atoms with Crippen molar-refractivity contribution in [1.29, 1.82) is 0 Å². The van der Waals surface area contributed by atoms with Crippen molar-refractivity contribution < 1.29 is 0 Å². The summed E-state index contributed by atoms with van der Waals surface area (Å²) in [6.07, 6.45) is 1.77. The van der Waals surface area contributed by atoms with Crippen LogP contribution in [0, 0.1) is 0 Å². The topological polar surface area (TPSA) is 24.9 Å². The summed E-state index contributed by atoms with van der Waals surface area (Å²) in [6, 6.07) is 13.5. The Morgan fingerprint density at radius 3 is 2.81 bits per heavy atom. The van der Waals surface area contributed by atoms with Gasteiger partial charge in [0.2, 0.25) is 0 Å². The molecule has 0 fully saturated rings. The molecule has 21 heavy (non-hydrogen) atoms. The fourth-order valence-corrected chi connectivity index (χ4v) is 2.98. The van der Waals surface area contributed by atoms with Crippen LogP contribution in [0.3, 0.4) is 0 Å². The molecule has 0 aliphatic rings. The van der Waals surface area contributed by atoms with Gasteiger partial charge in [0.05, 0.1) is 11.2 Å². The van der Waals surface area contributed by atoms with Crippen LogP contribution in [0.2, 0.25) is 10.0 Å². The van der Waals surface area contributed by atoms with Crippen molar-refractivity contribution in [3.05, 3.63) is 68.7 Å². The van der Waals surface area contributed by atoms with E-state index in [4.69, 9.17) is 23.2 Å². The number of aromatic nitrogens is 1. The second-order valence-corrected chi connectivity index (χ2v) is 6.38. The van der Waals surface area contributed by atoms with E-state index in [1.165, 1.54) is 0 Å². The van der Waals surface area contributed by atoms with E-state index in [1.807, 2.05) is 42.5 Å². The van der Waals surface area contributed by atoms with E-state index >= 15 is 0 Å². The molecule has 0 atom stereocenters. The van der Waals surface area contributed by atoms with E-state index in [0.717, 1.165) is 31.6 Å². The third-order valence-electron chi connectivity index (χ3n) is 3.15. The molecule has 0 saturated heterocycles. The monoisotopic (exact) mass is 380 g/mol. The highest BCUT2D eigenvalue weighted by Gasteiger charge is 2.06. The van der Waals surface area contributed by atoms with Gasteiger partial charge in [0.25, 0.3) is 0 Å². The fraction of sp³-hybridized carbons (Fsp3) is 0.0625. The predicted octanol–water partition coefficient (Wildman–Crippen LogP) is 5.92. The van der Waals surface area contributed by atoms with Crippen LogP contribution < -0.4 is 5.32 Å². The lowest BCUT2D eigenvalue weighted by atomic mass is 10.1. The van der Waals surface area contributed by atoms with E-state index in [1.54, 1.807) is 6.20 Å². The van der Waals surface area contributed by atoms with Crippen LogP contribution in [0.25, 0.3) is 10.9 Å². The minimum Gasteiger partial charge on any atom is -0.379 e. The van der Waals surface area contributed by atoms with Crippen LogP contribution in [0.1, 0.15) is 5.56 Å². The summed E-state index contributed by atoms with van der Waals surface area (Å²) in [6.45, 7) is 0.601. The Morgan fingerprint density at radius 2 is 1.95 bits per heavy atom. The molecule has 0 aliphatic heterocycles. The lowest BCUT2D eigenvalue weighted by Crippen LogP contribution is -2.01. The molecule has 1 heterocycles. The molecule has 106 valence electrons. The van der Waals surface area contributed by atoms with Crippen LogP contribution in [-0.2, 0) is 6.54 Å². The first-order valence-corrected chi connectivity index (χ1v) is 7.90. The van der Waals surface area contributed by atoms with Crippen LogP contribution in [0.4, 0.5) is 5.69 Å². The summed E-state index contributed by atoms with van der Waals surface area (Å²) < 4.78 is 0.998. The minimum absolute atomic E-state index is 0.601. The zero-order chi connectivity index (χ0) is 14.8. The summed E-state index contributed by atoms with van der Waals surface area (Å²) in [5, 5.41) is 5.77. The molecule has 0 bridgehead atoms. The molecule has 1 N–H and O–H groups in total. The minimum atomic E-state index is 0.601. The highest BCUT2D eigenvalue weighted by Crippen LogP contribution is 2.28. The molecule has 2 aromatic carbocycles. The van der Waals surface area contributed by atoms with E-state index in [2.05, 4.69) is 26.2 Å². The number of rotatable bonds is 3. The first-order chi connectivity index (χ1) is 10.1. The number of hydrogen-bond acceptors (Lipinski definition) is 2. The summed E-state index contributed by atoms with van der Waals surface area (Å²) in [4.78, 5) is 4.41. The Kier molecular flexibility index (Phi) is 4.34. The Balaban J connectivity index is 1.93. The third kappa shape index (κ3) is 3.31. The quantitative estimate of drug-likeness (QED) is 0.609. The van der Waals surface area contributed by atoms with E-state index in [9.17, 15) is 0 Å². The van der Waals surface area contributed by atoms with E-state index in [-0.39, 0.29) is 0 Å². The number of anilines is 1. The molecular formula is C16H11BrCl2N2. The molecule has 3 aromatic rings. The van der Waals surface area contributed by atoms with Crippen molar-refractivity contribution in [2.45, 2.75) is 6.54 Å². The van der Waals surface area contributed by atoms with Crippen molar-refractivity contribution >= 4 is 55.7 Å². The van der Waals surface area contributed by atoms with Gasteiger partial charge in [0, 0.05) is 32.6 Å². The van der Waals surface area contributed by atoms with Gasteiger partial charge in [-0.25, -0.2) is 0 Å². The molecule has 5 heteroatoms. The van der Waals surface area contributed by atoms with E-state index in [0.29, 0.717) is 11.6 Å². The normalized spacial score (nSPS) is 10.8. The maximum absolute atomic E-state index is 6.21. The maximum atomic E-state index is 6.21. The van der Waals surface area contributed by atoms with Gasteiger partial charge in [-0.2, -0.15) is 0 Å². The number of benzene rings is 2. The molecule has 0 radical (unpaired) electrons. The Labute approximate surface area is 141 Å². The molecular weight excluding hydrogens is 371 g/mol. The molecule has 0 spiro atoms. The summed E-state index contributed by atoms with van der Waals surface area (Å²) in [5.74, 6) is 0. The highest BCUT2D eigenvalue weighted by molar-refractivity contribution is 9.10. The average molecular weight is 382 g/mol. The number of nitrogens with zero attached hydrogens (tertiary/aromatic N) is 1. The number of hydrogen-bond donors (Lipinski definition) is 1. The van der Waals surface area contributed by atoms with Gasteiger partial charge >= 0.3 is 0 Å². The zero-order valence-electron chi connectivity index (χ0n) is 10.9. The fourth-order valence-electron chi connectivity index (χ4n) is 2.16. The largest absolute Gasteiger partial charge is 0.379 e. The Morgan fingerprint density at radius 1 is 1.10 bits per heavy atom. The molecule has 0 unspecified atom stereocenters. The number of fused-ring (bicyclic) bond motifs is 1. The van der Waals surface area contributed by atoms with Crippen molar-refractivity contribution in [1.82, 2.24) is 4.98 Å². The number of halogens is 3. The molecule has 2 nitrogen and oxygen atoms in total. The van der Waals surface area contributed by atoms with E-state index < -0.39 is 0 Å². The number of nitrogens with one attached hydrogen (secondary N) is 1. The van der Waals surface area contributed by atoms with Gasteiger partial charge in [0.15, 0.2) is 0 Å². The van der Waals surface area contributed by atoms with Crippen LogP contribution >= 0.6 is 39.1 Å². The Hall–Kier alpha value is -1.29. The van der Waals surface area contributed by atoms with Gasteiger partial charge in [-0.05, 0) is 42.0 Å². The molecule has 0 amide bonds. The molecule has 0 saturated carbocycles. The van der Waals surface area contributed by atoms with Crippen molar-refractivity contribution in [3.8, 4) is 0 Å². The third-order valence-corrected chi connectivity index (χ3v) is 4.23. The lowest BCUT2D eigenvalue weighted by Gasteiger charge is -2.11. The molecule has 1 aromatic heterocycles. The first-order valence-electron chi connectivity index (χ1n) is 6.35. The highest BCUT2D eigenvalue weighted by atomic mass is 79.9. The van der Waals surface area contributed by atoms with Gasteiger partial charge < -0.3 is 5.32 Å². The second-order valence-electron chi connectivity index (χ2n) is 4.62. The SMILES string of the molecule is Clc1cc(NCc2cc(Br)ccc2Cl)c2ncccc2c1. The molecule has 3 rings (SSSR count). The first kappa shape index (κ1) is 14.6. The van der Waals surface area contributed by atoms with Gasteiger partial charge in [0.1, 0.15) is 0 Å². The van der Waals surface area contributed by atoms with Crippen LogP contribution in [-0.4, -0.2) is 4.98 Å². The molecule has 0 aliphatic carbocycles. The predicted molar refractivity (Wildman–Crippen MR) is 93.2 cm³/mol. The van der Waals surface area contributed by atoms with Gasteiger partial charge in [-0.1, -0.05) is 45.2 Å². The second kappa shape index (κ2) is 6.22. The lowest BCUT2D eigenvalue weighted by molar-refractivity contribution is 1.15. The summed E-state index contributed by atoms with van der Waals surface area (Å²) in [5.41, 5.74) is 2.80. The summed E-state index contributed by atoms with van der Waals surface area (Å²) in [7, 11) is 0. The standard InChI is InChI=1S/C16H11BrCl2N2/c17-12-3-4-14(19)11(6-12)9-21-15-8-13(18)7-10-2-1-5-20-16(10)15/h1-8,21H,9H2. The van der Waals surface area contributed by atoms with Crippen molar-refractivity contribution in [2.24, 2.45) is 0 Å². The van der Waals surface area contributed by atoms with Crippen LogP contribution in [0.15, 0.2) is 53.1 Å². The van der Waals surface area contributed by atoms with Gasteiger partial charge in [-0.15, -0.1) is 0 Å². The Bertz CT molecular complexity index is 805. The average Bonchev–Trinajstić information content (AvgIpc) is 2.47. The van der Waals surface area contributed by atoms with Crippen molar-refractivity contribution in [3.63, 3.8) is 0 Å². The smallest absolute Gasteiger partial charge is 0.0934 e. The van der Waals surface area contributed by atoms with Crippen molar-refractivity contribution in [2.75, 3.05) is 5.32 Å². The maximum Gasteiger partial charge on any atom is 0.0934 e. The van der Waals surface area contributed by atoms with Crippen LogP contribution in [0.5, 0.6) is 0 Å². The summed E-state index contributed by atoms with van der Waals surface area (Å²) >= 11 is 15.8.